The lowest BCUT2D eigenvalue weighted by atomic mass is 9.97. The first-order valence-corrected chi connectivity index (χ1v) is 21.1. The van der Waals surface area contributed by atoms with Gasteiger partial charge in [0.1, 0.15) is 22.3 Å². The molecule has 0 aliphatic rings. The Labute approximate surface area is 356 Å². The monoisotopic (exact) mass is 792 g/mol. The van der Waals surface area contributed by atoms with Crippen molar-refractivity contribution in [1.29, 1.82) is 0 Å². The van der Waals surface area contributed by atoms with Crippen molar-refractivity contribution in [2.45, 2.75) is 0 Å². The second-order valence-electron chi connectivity index (χ2n) is 16.0. The van der Waals surface area contributed by atoms with Crippen LogP contribution in [0, 0.1) is 0 Å². The maximum Gasteiger partial charge on any atom is 0.143 e. The minimum atomic E-state index is 0.863. The molecule has 13 aromatic rings. The molecule has 0 aliphatic heterocycles. The van der Waals surface area contributed by atoms with Crippen molar-refractivity contribution in [3.63, 3.8) is 0 Å². The predicted molar refractivity (Wildman–Crippen MR) is 258 cm³/mol. The summed E-state index contributed by atoms with van der Waals surface area (Å²) in [6.45, 7) is 0. The standard InChI is InChI=1S/C58H36N2O2/c1-2-18-43-37(14-1)15-12-26-51(43)59(41-17-11-16-39(34-41)44-23-13-29-56-57(44)48-22-6-10-28-55(48)61-56)42-35-49(58-50(36-42)47-21-5-9-27-54(47)62-58)38-30-32-40(33-31-38)60-52-24-7-3-19-45(52)46-20-4-8-25-53(46)60/h1-36H. The molecule has 3 aromatic heterocycles. The van der Waals surface area contributed by atoms with Crippen LogP contribution >= 0.6 is 0 Å². The van der Waals surface area contributed by atoms with Gasteiger partial charge in [-0.15, -0.1) is 0 Å². The SMILES string of the molecule is c1cc(-c2cccc3oc4ccccc4c23)cc(N(c2cc(-c3ccc(-n4c5ccccc5c5ccccc54)cc3)c3oc4ccccc4c3c2)c2cccc3ccccc23)c1. The lowest BCUT2D eigenvalue weighted by Crippen LogP contribution is -2.11. The molecule has 0 aliphatic carbocycles. The Balaban J connectivity index is 1.04. The highest BCUT2D eigenvalue weighted by atomic mass is 16.3. The molecule has 0 atom stereocenters. The predicted octanol–water partition coefficient (Wildman–Crippen LogP) is 16.5. The molecule has 4 heteroatoms. The lowest BCUT2D eigenvalue weighted by molar-refractivity contribution is 0.669. The molecular weight excluding hydrogens is 757 g/mol. The molecular formula is C58H36N2O2. The Morgan fingerprint density at radius 3 is 1.76 bits per heavy atom. The number of anilines is 3. The van der Waals surface area contributed by atoms with Crippen LogP contribution in [-0.2, 0) is 0 Å². The van der Waals surface area contributed by atoms with Gasteiger partial charge in [0.25, 0.3) is 0 Å². The van der Waals surface area contributed by atoms with E-state index in [0.717, 1.165) is 94.3 Å². The maximum absolute atomic E-state index is 6.78. The van der Waals surface area contributed by atoms with E-state index in [9.17, 15) is 0 Å². The van der Waals surface area contributed by atoms with Crippen LogP contribution < -0.4 is 4.90 Å². The van der Waals surface area contributed by atoms with Crippen molar-refractivity contribution in [3.8, 4) is 27.9 Å². The fourth-order valence-electron chi connectivity index (χ4n) is 9.80. The Hall–Kier alpha value is -8.34. The van der Waals surface area contributed by atoms with Crippen molar-refractivity contribution >= 4 is 93.5 Å². The minimum Gasteiger partial charge on any atom is -0.456 e. The van der Waals surface area contributed by atoms with Crippen LogP contribution in [0.1, 0.15) is 0 Å². The van der Waals surface area contributed by atoms with E-state index >= 15 is 0 Å². The van der Waals surface area contributed by atoms with Gasteiger partial charge in [0, 0.05) is 60.3 Å². The van der Waals surface area contributed by atoms with E-state index in [1.54, 1.807) is 0 Å². The molecule has 0 spiro atoms. The molecule has 290 valence electrons. The van der Waals surface area contributed by atoms with Gasteiger partial charge in [-0.1, -0.05) is 146 Å². The summed E-state index contributed by atoms with van der Waals surface area (Å²) in [5.41, 5.74) is 14.5. The summed E-state index contributed by atoms with van der Waals surface area (Å²) in [5, 5.41) is 9.21. The third kappa shape index (κ3) is 5.27. The highest BCUT2D eigenvalue weighted by Crippen LogP contribution is 2.46. The molecule has 0 fully saturated rings. The van der Waals surface area contributed by atoms with E-state index in [2.05, 4.69) is 210 Å². The smallest absolute Gasteiger partial charge is 0.143 e. The average Bonchev–Trinajstić information content (AvgIpc) is 4.02. The van der Waals surface area contributed by atoms with E-state index in [1.165, 1.54) is 27.2 Å². The number of furan rings is 2. The van der Waals surface area contributed by atoms with Crippen LogP contribution in [0.3, 0.4) is 0 Å². The zero-order valence-electron chi connectivity index (χ0n) is 33.5. The molecule has 0 saturated carbocycles. The molecule has 0 amide bonds. The molecule has 13 rings (SSSR count). The quantitative estimate of drug-likeness (QED) is 0.168. The highest BCUT2D eigenvalue weighted by Gasteiger charge is 2.22. The number of rotatable bonds is 6. The lowest BCUT2D eigenvalue weighted by Gasteiger charge is -2.28. The van der Waals surface area contributed by atoms with Crippen molar-refractivity contribution in [1.82, 2.24) is 4.57 Å². The van der Waals surface area contributed by atoms with Crippen LogP contribution in [0.25, 0.3) is 104 Å². The van der Waals surface area contributed by atoms with Crippen LogP contribution in [-0.4, -0.2) is 4.57 Å². The Morgan fingerprint density at radius 2 is 0.968 bits per heavy atom. The molecule has 0 saturated heterocycles. The second-order valence-corrected chi connectivity index (χ2v) is 16.0. The van der Waals surface area contributed by atoms with Gasteiger partial charge < -0.3 is 18.3 Å². The molecule has 4 nitrogen and oxygen atoms in total. The average molecular weight is 793 g/mol. The van der Waals surface area contributed by atoms with Crippen molar-refractivity contribution < 1.29 is 8.83 Å². The summed E-state index contributed by atoms with van der Waals surface area (Å²) in [4.78, 5) is 2.41. The first-order chi connectivity index (χ1) is 30.7. The van der Waals surface area contributed by atoms with Gasteiger partial charge in [0.2, 0.25) is 0 Å². The molecule has 3 heterocycles. The van der Waals surface area contributed by atoms with Gasteiger partial charge in [0.05, 0.1) is 16.7 Å². The van der Waals surface area contributed by atoms with Crippen LogP contribution in [0.15, 0.2) is 227 Å². The van der Waals surface area contributed by atoms with E-state index in [1.807, 2.05) is 18.2 Å². The zero-order chi connectivity index (χ0) is 40.7. The summed E-state index contributed by atoms with van der Waals surface area (Å²) >= 11 is 0. The van der Waals surface area contributed by atoms with Crippen LogP contribution in [0.5, 0.6) is 0 Å². The summed E-state index contributed by atoms with van der Waals surface area (Å²) in [5.74, 6) is 0. The van der Waals surface area contributed by atoms with Gasteiger partial charge in [0.15, 0.2) is 0 Å². The molecule has 0 bridgehead atoms. The number of benzene rings is 10. The first-order valence-electron chi connectivity index (χ1n) is 21.1. The summed E-state index contributed by atoms with van der Waals surface area (Å²) in [7, 11) is 0. The van der Waals surface area contributed by atoms with Crippen molar-refractivity contribution in [3.05, 3.63) is 218 Å². The van der Waals surface area contributed by atoms with Gasteiger partial charge in [-0.25, -0.2) is 0 Å². The largest absolute Gasteiger partial charge is 0.456 e. The number of para-hydroxylation sites is 4. The van der Waals surface area contributed by atoms with Gasteiger partial charge >= 0.3 is 0 Å². The van der Waals surface area contributed by atoms with Crippen molar-refractivity contribution in [2.24, 2.45) is 0 Å². The number of hydrogen-bond acceptors (Lipinski definition) is 3. The van der Waals surface area contributed by atoms with E-state index in [-0.39, 0.29) is 0 Å². The van der Waals surface area contributed by atoms with E-state index in [4.69, 9.17) is 8.83 Å². The Morgan fingerprint density at radius 1 is 0.355 bits per heavy atom. The van der Waals surface area contributed by atoms with Gasteiger partial charge in [-0.2, -0.15) is 0 Å². The summed E-state index contributed by atoms with van der Waals surface area (Å²) in [6, 6.07) is 78.0. The maximum atomic E-state index is 6.78. The van der Waals surface area contributed by atoms with Crippen LogP contribution in [0.2, 0.25) is 0 Å². The fourth-order valence-corrected chi connectivity index (χ4v) is 9.80. The van der Waals surface area contributed by atoms with Gasteiger partial charge in [-0.05, 0) is 94.9 Å². The number of aromatic nitrogens is 1. The normalized spacial score (nSPS) is 11.9. The Bertz CT molecular complexity index is 3830. The number of hydrogen-bond donors (Lipinski definition) is 0. The third-order valence-electron chi connectivity index (χ3n) is 12.6. The zero-order valence-corrected chi connectivity index (χ0v) is 33.5. The molecule has 0 unspecified atom stereocenters. The molecule has 62 heavy (non-hydrogen) atoms. The second kappa shape index (κ2) is 13.6. The van der Waals surface area contributed by atoms with Crippen LogP contribution in [0.4, 0.5) is 17.1 Å². The molecule has 0 N–H and O–H groups in total. The number of fused-ring (bicyclic) bond motifs is 10. The Kier molecular flexibility index (Phi) is 7.57. The van der Waals surface area contributed by atoms with E-state index < -0.39 is 0 Å². The van der Waals surface area contributed by atoms with Crippen molar-refractivity contribution in [2.75, 3.05) is 4.90 Å². The summed E-state index contributed by atoms with van der Waals surface area (Å²) < 4.78 is 15.5. The third-order valence-corrected chi connectivity index (χ3v) is 12.6. The minimum absolute atomic E-state index is 0.863. The first kappa shape index (κ1) is 34.5. The molecule has 10 aromatic carbocycles. The summed E-state index contributed by atoms with van der Waals surface area (Å²) in [6.07, 6.45) is 0. The van der Waals surface area contributed by atoms with E-state index in [0.29, 0.717) is 0 Å². The highest BCUT2D eigenvalue weighted by molar-refractivity contribution is 6.14. The van der Waals surface area contributed by atoms with Gasteiger partial charge in [-0.3, -0.25) is 0 Å². The fraction of sp³-hybridized carbons (Fsp3) is 0. The molecule has 0 radical (unpaired) electrons. The topological polar surface area (TPSA) is 34.5 Å². The number of nitrogens with zero attached hydrogens (tertiary/aromatic N) is 2.